The van der Waals surface area contributed by atoms with Crippen LogP contribution in [0.15, 0.2) is 24.3 Å². The first-order chi connectivity index (χ1) is 9.88. The zero-order chi connectivity index (χ0) is 15.5. The summed E-state index contributed by atoms with van der Waals surface area (Å²) in [4.78, 5) is 0. The monoisotopic (exact) mass is 312 g/mol. The summed E-state index contributed by atoms with van der Waals surface area (Å²) in [5, 5.41) is 0. The molecule has 118 valence electrons. The number of nitrogens with one attached hydrogen (secondary N) is 1. The van der Waals surface area contributed by atoms with E-state index in [0.717, 1.165) is 5.56 Å². The van der Waals surface area contributed by atoms with Crippen molar-refractivity contribution in [2.45, 2.75) is 39.3 Å². The van der Waals surface area contributed by atoms with Gasteiger partial charge in [-0.3, -0.25) is 0 Å². The van der Waals surface area contributed by atoms with Gasteiger partial charge in [-0.2, -0.15) is 12.7 Å². The fourth-order valence-corrected chi connectivity index (χ4v) is 3.95. The van der Waals surface area contributed by atoms with Gasteiger partial charge in [-0.15, -0.1) is 0 Å². The first kappa shape index (κ1) is 16.4. The quantitative estimate of drug-likeness (QED) is 0.896. The van der Waals surface area contributed by atoms with Crippen molar-refractivity contribution in [3.63, 3.8) is 0 Å². The van der Waals surface area contributed by atoms with Gasteiger partial charge in [-0.25, -0.2) is 4.72 Å². The fraction of sp³-hybridized carbons (Fsp3) is 0.600. The Bertz CT molecular complexity index is 574. The molecule has 1 N–H and O–H groups in total. The van der Waals surface area contributed by atoms with Crippen molar-refractivity contribution >= 4 is 10.2 Å². The van der Waals surface area contributed by atoms with Crippen molar-refractivity contribution in [3.05, 3.63) is 35.4 Å². The van der Waals surface area contributed by atoms with Crippen LogP contribution in [0.1, 0.15) is 25.0 Å². The first-order valence-corrected chi connectivity index (χ1v) is 8.76. The van der Waals surface area contributed by atoms with Crippen molar-refractivity contribution in [1.82, 2.24) is 9.03 Å². The molecule has 1 saturated heterocycles. The minimum atomic E-state index is -3.44. The van der Waals surface area contributed by atoms with E-state index in [9.17, 15) is 8.42 Å². The Morgan fingerprint density at radius 3 is 2.86 bits per heavy atom. The molecule has 0 bridgehead atoms. The lowest BCUT2D eigenvalue weighted by Crippen LogP contribution is -2.54. The molecule has 6 heteroatoms. The molecule has 5 nitrogen and oxygen atoms in total. The number of benzene rings is 1. The van der Waals surface area contributed by atoms with Crippen molar-refractivity contribution in [1.29, 1.82) is 0 Å². The summed E-state index contributed by atoms with van der Waals surface area (Å²) in [5.41, 5.74) is 2.33. The number of aryl methyl sites for hydroxylation is 1. The van der Waals surface area contributed by atoms with Gasteiger partial charge in [0.25, 0.3) is 10.2 Å². The van der Waals surface area contributed by atoms with Crippen LogP contribution in [0.5, 0.6) is 0 Å². The number of nitrogens with zero attached hydrogens (tertiary/aromatic N) is 1. The molecule has 0 spiro atoms. The first-order valence-electron chi connectivity index (χ1n) is 7.32. The van der Waals surface area contributed by atoms with Gasteiger partial charge in [0.1, 0.15) is 0 Å². The Labute approximate surface area is 127 Å². The van der Waals surface area contributed by atoms with E-state index in [0.29, 0.717) is 26.1 Å². The van der Waals surface area contributed by atoms with Gasteiger partial charge in [-0.1, -0.05) is 29.8 Å². The molecule has 0 aliphatic carbocycles. The molecule has 2 unspecified atom stereocenters. The molecule has 1 aliphatic rings. The van der Waals surface area contributed by atoms with Crippen LogP contribution in [-0.4, -0.2) is 44.6 Å². The van der Waals surface area contributed by atoms with Crippen molar-refractivity contribution in [3.8, 4) is 0 Å². The van der Waals surface area contributed by atoms with E-state index < -0.39 is 10.2 Å². The van der Waals surface area contributed by atoms with E-state index in [2.05, 4.69) is 10.8 Å². The summed E-state index contributed by atoms with van der Waals surface area (Å²) < 4.78 is 34.4. The summed E-state index contributed by atoms with van der Waals surface area (Å²) in [6.07, 6.45) is 0.629. The number of rotatable bonds is 5. The molecule has 1 aliphatic heterocycles. The minimum absolute atomic E-state index is 0.0606. The largest absolute Gasteiger partial charge is 0.375 e. The van der Waals surface area contributed by atoms with Crippen molar-refractivity contribution < 1.29 is 13.2 Å². The van der Waals surface area contributed by atoms with Crippen LogP contribution in [0.4, 0.5) is 0 Å². The predicted octanol–water partition coefficient (Wildman–Crippen LogP) is 1.48. The van der Waals surface area contributed by atoms with Crippen molar-refractivity contribution in [2.24, 2.45) is 0 Å². The van der Waals surface area contributed by atoms with Gasteiger partial charge in [0.05, 0.1) is 12.7 Å². The highest BCUT2D eigenvalue weighted by molar-refractivity contribution is 7.87. The average molecular weight is 312 g/mol. The van der Waals surface area contributed by atoms with E-state index >= 15 is 0 Å². The number of morpholine rings is 1. The molecule has 0 saturated carbocycles. The van der Waals surface area contributed by atoms with E-state index in [1.807, 2.05) is 39.0 Å². The number of hydrogen-bond acceptors (Lipinski definition) is 3. The predicted molar refractivity (Wildman–Crippen MR) is 83.4 cm³/mol. The Balaban J connectivity index is 1.92. The smallest absolute Gasteiger partial charge is 0.279 e. The molecular weight excluding hydrogens is 288 g/mol. The Kier molecular flexibility index (Phi) is 5.37. The zero-order valence-corrected chi connectivity index (χ0v) is 13.7. The molecule has 1 fully saturated rings. The third-order valence-electron chi connectivity index (χ3n) is 3.64. The van der Waals surface area contributed by atoms with E-state index in [4.69, 9.17) is 4.74 Å². The van der Waals surface area contributed by atoms with E-state index in [-0.39, 0.29) is 12.1 Å². The van der Waals surface area contributed by atoms with Crippen molar-refractivity contribution in [2.75, 3.05) is 19.7 Å². The normalized spacial score (nSPS) is 24.1. The van der Waals surface area contributed by atoms with E-state index in [1.165, 1.54) is 9.87 Å². The maximum Gasteiger partial charge on any atom is 0.279 e. The van der Waals surface area contributed by atoms with Crippen LogP contribution in [0.3, 0.4) is 0 Å². The van der Waals surface area contributed by atoms with Crippen LogP contribution < -0.4 is 4.72 Å². The highest BCUT2D eigenvalue weighted by Crippen LogP contribution is 2.14. The van der Waals surface area contributed by atoms with Gasteiger partial charge in [0, 0.05) is 19.1 Å². The third kappa shape index (κ3) is 4.51. The van der Waals surface area contributed by atoms with Gasteiger partial charge < -0.3 is 4.74 Å². The highest BCUT2D eigenvalue weighted by Gasteiger charge is 2.32. The fourth-order valence-electron chi connectivity index (χ4n) is 2.48. The maximum absolute atomic E-state index is 12.4. The molecular formula is C15H24N2O3S. The second kappa shape index (κ2) is 6.87. The lowest BCUT2D eigenvalue weighted by Gasteiger charge is -2.35. The maximum atomic E-state index is 12.4. The Morgan fingerprint density at radius 2 is 2.14 bits per heavy atom. The highest BCUT2D eigenvalue weighted by atomic mass is 32.2. The zero-order valence-electron chi connectivity index (χ0n) is 12.9. The van der Waals surface area contributed by atoms with Crippen LogP contribution >= 0.6 is 0 Å². The number of hydrogen-bond donors (Lipinski definition) is 1. The molecule has 2 rings (SSSR count). The minimum Gasteiger partial charge on any atom is -0.375 e. The molecule has 1 aromatic rings. The summed E-state index contributed by atoms with van der Waals surface area (Å²) in [6, 6.07) is 7.99. The number of ether oxygens (including phenoxy) is 1. The molecule has 0 amide bonds. The lowest BCUT2D eigenvalue weighted by molar-refractivity contribution is -0.0174. The second-order valence-electron chi connectivity index (χ2n) is 5.70. The molecule has 0 aromatic heterocycles. The van der Waals surface area contributed by atoms with E-state index in [1.54, 1.807) is 0 Å². The molecule has 2 atom stereocenters. The van der Waals surface area contributed by atoms with Crippen LogP contribution in [0.2, 0.25) is 0 Å². The van der Waals surface area contributed by atoms with Crippen LogP contribution in [0, 0.1) is 6.92 Å². The molecule has 1 heterocycles. The summed E-state index contributed by atoms with van der Waals surface area (Å²) >= 11 is 0. The molecule has 1 aromatic carbocycles. The Morgan fingerprint density at radius 1 is 1.38 bits per heavy atom. The lowest BCUT2D eigenvalue weighted by atomic mass is 10.1. The summed E-state index contributed by atoms with van der Waals surface area (Å²) in [5.74, 6) is 0. The third-order valence-corrected chi connectivity index (χ3v) is 5.34. The Hall–Kier alpha value is -0.950. The summed E-state index contributed by atoms with van der Waals surface area (Å²) in [7, 11) is -3.44. The second-order valence-corrected chi connectivity index (χ2v) is 7.41. The SMILES string of the molecule is Cc1cccc(CCNS(=O)(=O)N2CC(C)OCC2C)c1. The van der Waals surface area contributed by atoms with Gasteiger partial charge >= 0.3 is 0 Å². The molecule has 0 radical (unpaired) electrons. The molecule has 21 heavy (non-hydrogen) atoms. The van der Waals surface area contributed by atoms with Gasteiger partial charge in [0.2, 0.25) is 0 Å². The van der Waals surface area contributed by atoms with Gasteiger partial charge in [0.15, 0.2) is 0 Å². The average Bonchev–Trinajstić information content (AvgIpc) is 2.41. The van der Waals surface area contributed by atoms with Gasteiger partial charge in [-0.05, 0) is 32.8 Å². The summed E-state index contributed by atoms with van der Waals surface area (Å²) in [6.45, 7) is 7.04. The topological polar surface area (TPSA) is 58.6 Å². The van der Waals surface area contributed by atoms with Crippen LogP contribution in [-0.2, 0) is 21.4 Å². The standard InChI is InChI=1S/C15H24N2O3S/c1-12-5-4-6-15(9-12)7-8-16-21(18,19)17-10-14(3)20-11-13(17)2/h4-6,9,13-14,16H,7-8,10-11H2,1-3H3. The van der Waals surface area contributed by atoms with Crippen LogP contribution in [0.25, 0.3) is 0 Å².